The van der Waals surface area contributed by atoms with Crippen LogP contribution in [0.1, 0.15) is 93.7 Å². The molecule has 1 nitrogen and oxygen atoms in total. The van der Waals surface area contributed by atoms with E-state index in [2.05, 4.69) is 116 Å². The molecule has 0 amide bonds. The average Bonchev–Trinajstić information content (AvgIpc) is 3.88. The molecule has 1 heteroatoms. The number of hydrogen-bond donors (Lipinski definition) is 0. The van der Waals surface area contributed by atoms with Crippen LogP contribution >= 0.6 is 0 Å². The summed E-state index contributed by atoms with van der Waals surface area (Å²) in [6.45, 7) is 2.43. The second-order valence-electron chi connectivity index (χ2n) is 14.7. The number of Topliss-reactive ketones (excluding diaryl/α,β-unsaturated/α-hetero) is 1. The zero-order chi connectivity index (χ0) is 31.3. The predicted octanol–water partition coefficient (Wildman–Crippen LogP) is 11.6. The van der Waals surface area contributed by atoms with Crippen LogP contribution < -0.4 is 0 Å². The van der Waals surface area contributed by atoms with Crippen LogP contribution in [0.5, 0.6) is 0 Å². The maximum Gasteiger partial charge on any atom is 0.137 e. The van der Waals surface area contributed by atoms with Crippen LogP contribution in [0.3, 0.4) is 0 Å². The molecule has 0 aromatic heterocycles. The van der Waals surface area contributed by atoms with Gasteiger partial charge in [0, 0.05) is 12.8 Å². The summed E-state index contributed by atoms with van der Waals surface area (Å²) in [6.07, 6.45) is 25.2. The van der Waals surface area contributed by atoms with Gasteiger partial charge in [-0.3, -0.25) is 4.79 Å². The van der Waals surface area contributed by atoms with Gasteiger partial charge in [0.1, 0.15) is 5.78 Å². The fraction of sp³-hybridized carbons (Fsp3) is 0.400. The molecule has 0 saturated heterocycles. The maximum absolute atomic E-state index is 13.1. The van der Waals surface area contributed by atoms with Gasteiger partial charge in [-0.15, -0.1) is 0 Å². The van der Waals surface area contributed by atoms with Crippen molar-refractivity contribution in [1.82, 2.24) is 0 Å². The summed E-state index contributed by atoms with van der Waals surface area (Å²) in [4.78, 5) is 13.1. The summed E-state index contributed by atoms with van der Waals surface area (Å²) in [5, 5.41) is 0. The third kappa shape index (κ3) is 7.46. The smallest absolute Gasteiger partial charge is 0.137 e. The van der Waals surface area contributed by atoms with Crippen molar-refractivity contribution in [2.45, 2.75) is 89.9 Å². The first-order valence-electron chi connectivity index (χ1n) is 18.1. The van der Waals surface area contributed by atoms with Gasteiger partial charge in [-0.05, 0) is 107 Å². The molecule has 236 valence electrons. The standard InChI is InChI=1S/C45H50O/c1-32-10-7-11-33(21-20-32)28-34-22-24-38(25-23-34)45-31-44(45)37-16-8-15-36-17-9-18-41(46)30-40(43(36)27-26-37)29-39-14-5-6-19-42(39)35-12-3-2-4-13-35/h2-6,9,12-17,19,22-25,27,32-33,40,44-45H,7-8,10-11,18,20-21,26,28-31H2,1H3. The molecule has 2 fully saturated rings. The fourth-order valence-corrected chi connectivity index (χ4v) is 8.56. The Hall–Kier alpha value is -3.71. The first kappa shape index (κ1) is 30.9. The van der Waals surface area contributed by atoms with Crippen molar-refractivity contribution >= 4 is 5.78 Å². The summed E-state index contributed by atoms with van der Waals surface area (Å²) in [5.74, 6) is 3.59. The van der Waals surface area contributed by atoms with Gasteiger partial charge >= 0.3 is 0 Å². The third-order valence-corrected chi connectivity index (χ3v) is 11.3. The molecule has 3 aromatic carbocycles. The van der Waals surface area contributed by atoms with Crippen LogP contribution in [0.25, 0.3) is 11.1 Å². The van der Waals surface area contributed by atoms with E-state index in [-0.39, 0.29) is 5.92 Å². The van der Waals surface area contributed by atoms with Crippen LogP contribution in [0, 0.1) is 23.7 Å². The molecule has 5 atom stereocenters. The Balaban J connectivity index is 1.07. The van der Waals surface area contributed by atoms with Gasteiger partial charge < -0.3 is 0 Å². The molecule has 0 aliphatic heterocycles. The van der Waals surface area contributed by atoms with E-state index in [9.17, 15) is 4.79 Å². The third-order valence-electron chi connectivity index (χ3n) is 11.3. The Labute approximate surface area is 277 Å². The van der Waals surface area contributed by atoms with Crippen LogP contribution in [0.15, 0.2) is 126 Å². The van der Waals surface area contributed by atoms with E-state index in [4.69, 9.17) is 0 Å². The van der Waals surface area contributed by atoms with Crippen molar-refractivity contribution in [3.63, 3.8) is 0 Å². The summed E-state index contributed by atoms with van der Waals surface area (Å²) >= 11 is 0. The molecule has 0 bridgehead atoms. The molecule has 5 unspecified atom stereocenters. The van der Waals surface area contributed by atoms with Crippen molar-refractivity contribution < 1.29 is 4.79 Å². The highest BCUT2D eigenvalue weighted by Crippen LogP contribution is 2.53. The van der Waals surface area contributed by atoms with Gasteiger partial charge in [-0.25, -0.2) is 0 Å². The summed E-state index contributed by atoms with van der Waals surface area (Å²) in [7, 11) is 0. The lowest BCUT2D eigenvalue weighted by atomic mass is 9.78. The fourth-order valence-electron chi connectivity index (χ4n) is 8.56. The molecule has 2 saturated carbocycles. The number of fused-ring (bicyclic) bond motifs is 1. The first-order valence-corrected chi connectivity index (χ1v) is 18.1. The highest BCUT2D eigenvalue weighted by Gasteiger charge is 2.40. The first-order chi connectivity index (χ1) is 22.6. The van der Waals surface area contributed by atoms with E-state index in [0.29, 0.717) is 30.5 Å². The topological polar surface area (TPSA) is 17.1 Å². The largest absolute Gasteiger partial charge is 0.299 e. The van der Waals surface area contributed by atoms with Gasteiger partial charge in [0.25, 0.3) is 0 Å². The number of rotatable bonds is 7. The number of ketones is 1. The Morgan fingerprint density at radius 3 is 2.43 bits per heavy atom. The van der Waals surface area contributed by atoms with Crippen LogP contribution in [0.2, 0.25) is 0 Å². The quantitative estimate of drug-likeness (QED) is 0.193. The maximum atomic E-state index is 13.1. The molecule has 0 heterocycles. The van der Waals surface area contributed by atoms with E-state index < -0.39 is 0 Å². The number of allylic oxidation sites excluding steroid dienone is 8. The van der Waals surface area contributed by atoms with Crippen molar-refractivity contribution in [3.05, 3.63) is 143 Å². The van der Waals surface area contributed by atoms with E-state index in [1.54, 1.807) is 5.57 Å². The molecular formula is C45H50O. The average molecular weight is 607 g/mol. The summed E-state index contributed by atoms with van der Waals surface area (Å²) in [5.41, 5.74) is 11.2. The van der Waals surface area contributed by atoms with E-state index in [0.717, 1.165) is 31.1 Å². The van der Waals surface area contributed by atoms with E-state index >= 15 is 0 Å². The van der Waals surface area contributed by atoms with Gasteiger partial charge in [0.05, 0.1) is 0 Å². The van der Waals surface area contributed by atoms with Crippen LogP contribution in [-0.2, 0) is 17.6 Å². The van der Waals surface area contributed by atoms with Crippen LogP contribution in [-0.4, -0.2) is 5.78 Å². The Morgan fingerprint density at radius 2 is 1.57 bits per heavy atom. The van der Waals surface area contributed by atoms with E-state index in [1.165, 1.54) is 83.9 Å². The molecule has 4 aliphatic carbocycles. The molecule has 0 radical (unpaired) electrons. The highest BCUT2D eigenvalue weighted by atomic mass is 16.1. The molecular weight excluding hydrogens is 556 g/mol. The van der Waals surface area contributed by atoms with E-state index in [1.807, 2.05) is 0 Å². The number of carbonyl (C=O) groups is 1. The zero-order valence-electron chi connectivity index (χ0n) is 27.7. The van der Waals surface area contributed by atoms with Crippen molar-refractivity contribution in [2.24, 2.45) is 23.7 Å². The normalized spacial score (nSPS) is 26.7. The lowest BCUT2D eigenvalue weighted by Gasteiger charge is -2.25. The van der Waals surface area contributed by atoms with Gasteiger partial charge in [-0.2, -0.15) is 0 Å². The summed E-state index contributed by atoms with van der Waals surface area (Å²) in [6, 6.07) is 29.2. The molecule has 46 heavy (non-hydrogen) atoms. The monoisotopic (exact) mass is 606 g/mol. The van der Waals surface area contributed by atoms with Gasteiger partial charge in [-0.1, -0.05) is 147 Å². The number of hydrogen-bond acceptors (Lipinski definition) is 1. The minimum atomic E-state index is 0.187. The Bertz CT molecular complexity index is 1630. The summed E-state index contributed by atoms with van der Waals surface area (Å²) < 4.78 is 0. The van der Waals surface area contributed by atoms with Gasteiger partial charge in [0.2, 0.25) is 0 Å². The molecule has 0 spiro atoms. The second kappa shape index (κ2) is 14.4. The van der Waals surface area contributed by atoms with Crippen LogP contribution in [0.4, 0.5) is 0 Å². The minimum Gasteiger partial charge on any atom is -0.299 e. The van der Waals surface area contributed by atoms with Gasteiger partial charge in [0.15, 0.2) is 0 Å². The Kier molecular flexibility index (Phi) is 9.66. The second-order valence-corrected chi connectivity index (χ2v) is 14.7. The molecule has 4 aliphatic rings. The van der Waals surface area contributed by atoms with Crippen molar-refractivity contribution in [1.29, 1.82) is 0 Å². The lowest BCUT2D eigenvalue weighted by molar-refractivity contribution is -0.118. The molecule has 0 N–H and O–H groups in total. The highest BCUT2D eigenvalue weighted by molar-refractivity contribution is 5.81. The number of benzene rings is 3. The minimum absolute atomic E-state index is 0.187. The number of carbonyl (C=O) groups excluding carboxylic acids is 1. The lowest BCUT2D eigenvalue weighted by Crippen LogP contribution is -2.17. The molecule has 3 aromatic rings. The van der Waals surface area contributed by atoms with Crippen molar-refractivity contribution in [3.8, 4) is 11.1 Å². The Morgan fingerprint density at radius 1 is 0.739 bits per heavy atom. The molecule has 7 rings (SSSR count). The predicted molar refractivity (Wildman–Crippen MR) is 193 cm³/mol. The zero-order valence-corrected chi connectivity index (χ0v) is 27.7. The SMILES string of the molecule is CC1CCCC(Cc2ccc(C3CC3C3=CCC=C4C=CCC(=O)CC(Cc5ccccc5-c5ccccc5)C4=CC3)cc2)CC1. The van der Waals surface area contributed by atoms with Crippen molar-refractivity contribution in [2.75, 3.05) is 0 Å².